The molecule has 0 atom stereocenters. The van der Waals surface area contributed by atoms with Gasteiger partial charge < -0.3 is 15.7 Å². The monoisotopic (exact) mass is 489 g/mol. The number of hydrogen-bond donors (Lipinski definition) is 3. The molecule has 176 valence electrons. The van der Waals surface area contributed by atoms with Crippen molar-refractivity contribution in [3.63, 3.8) is 0 Å². The zero-order chi connectivity index (χ0) is 25.3. The second-order valence-electron chi connectivity index (χ2n) is 7.96. The first-order valence-corrected chi connectivity index (χ1v) is 10.9. The van der Waals surface area contributed by atoms with Crippen molar-refractivity contribution in [2.75, 3.05) is 15.5 Å². The minimum atomic E-state index is -1.06. The third-order valence-electron chi connectivity index (χ3n) is 5.47. The Labute approximate surface area is 205 Å². The van der Waals surface area contributed by atoms with E-state index in [1.807, 2.05) is 6.92 Å². The number of hydrogen-bond acceptors (Lipinski definition) is 5. The molecule has 1 aliphatic rings. The summed E-state index contributed by atoms with van der Waals surface area (Å²) in [6.45, 7) is 3.68. The molecule has 35 heavy (non-hydrogen) atoms. The van der Waals surface area contributed by atoms with Crippen LogP contribution in [0.5, 0.6) is 0 Å². The molecule has 0 aromatic heterocycles. The second-order valence-corrected chi connectivity index (χ2v) is 8.34. The predicted octanol–water partition coefficient (Wildman–Crippen LogP) is 4.69. The van der Waals surface area contributed by atoms with Crippen molar-refractivity contribution in [1.29, 1.82) is 0 Å². The number of carboxylic acids is 1. The van der Waals surface area contributed by atoms with Gasteiger partial charge in [-0.1, -0.05) is 35.4 Å². The van der Waals surface area contributed by atoms with E-state index >= 15 is 0 Å². The van der Waals surface area contributed by atoms with E-state index in [1.54, 1.807) is 49.4 Å². The lowest BCUT2D eigenvalue weighted by atomic mass is 10.1. The number of halogens is 1. The predicted molar refractivity (Wildman–Crippen MR) is 133 cm³/mol. The maximum Gasteiger partial charge on any atom is 0.335 e. The van der Waals surface area contributed by atoms with E-state index in [1.165, 1.54) is 24.3 Å². The highest BCUT2D eigenvalue weighted by atomic mass is 35.5. The zero-order valence-corrected chi connectivity index (χ0v) is 19.5. The van der Waals surface area contributed by atoms with E-state index in [9.17, 15) is 19.2 Å². The lowest BCUT2D eigenvalue weighted by molar-refractivity contribution is -0.120. The maximum absolute atomic E-state index is 13.0. The van der Waals surface area contributed by atoms with Gasteiger partial charge in [0.25, 0.3) is 17.7 Å². The van der Waals surface area contributed by atoms with Crippen LogP contribution < -0.4 is 15.5 Å². The number of carbonyl (C=O) groups is 4. The average Bonchev–Trinajstić information content (AvgIpc) is 3.04. The van der Waals surface area contributed by atoms with Gasteiger partial charge in [0.15, 0.2) is 0 Å². The number of carboxylic acid groups (broad SMARTS) is 1. The summed E-state index contributed by atoms with van der Waals surface area (Å²) in [6.07, 6.45) is 0. The van der Waals surface area contributed by atoms with Crippen LogP contribution in [-0.4, -0.2) is 28.8 Å². The Bertz CT molecular complexity index is 1400. The molecule has 1 aliphatic heterocycles. The van der Waals surface area contributed by atoms with Crippen molar-refractivity contribution in [2.24, 2.45) is 0 Å². The van der Waals surface area contributed by atoms with Crippen LogP contribution in [0.15, 0.2) is 77.5 Å². The van der Waals surface area contributed by atoms with Crippen molar-refractivity contribution < 1.29 is 24.3 Å². The average molecular weight is 490 g/mol. The van der Waals surface area contributed by atoms with Crippen molar-refractivity contribution in [2.45, 2.75) is 13.8 Å². The highest BCUT2D eigenvalue weighted by molar-refractivity contribution is 6.53. The van der Waals surface area contributed by atoms with E-state index < -0.39 is 23.7 Å². The molecule has 0 fully saturated rings. The van der Waals surface area contributed by atoms with Crippen molar-refractivity contribution in [3.8, 4) is 0 Å². The standard InChI is InChI=1S/C26H20ClN3O5/c1-14-3-11-19(12-4-14)30-24(32)21(27)22(25(30)33)29-20-13-17(6-5-15(20)2)23(31)28-18-9-7-16(8-10-18)26(34)35/h3-13,29H,1-2H3,(H,28,31)(H,34,35). The molecule has 8 nitrogen and oxygen atoms in total. The lowest BCUT2D eigenvalue weighted by Gasteiger charge is -2.16. The Kier molecular flexibility index (Phi) is 6.40. The van der Waals surface area contributed by atoms with Crippen LogP contribution >= 0.6 is 11.6 Å². The second kappa shape index (κ2) is 9.44. The largest absolute Gasteiger partial charge is 0.478 e. The fourth-order valence-electron chi connectivity index (χ4n) is 3.47. The minimum Gasteiger partial charge on any atom is -0.478 e. The van der Waals surface area contributed by atoms with Crippen LogP contribution in [0.4, 0.5) is 17.1 Å². The van der Waals surface area contributed by atoms with Gasteiger partial charge in [-0.3, -0.25) is 14.4 Å². The normalized spacial score (nSPS) is 13.3. The van der Waals surface area contributed by atoms with Crippen LogP contribution in [-0.2, 0) is 9.59 Å². The molecular formula is C26H20ClN3O5. The van der Waals surface area contributed by atoms with Gasteiger partial charge in [-0.25, -0.2) is 9.69 Å². The summed E-state index contributed by atoms with van der Waals surface area (Å²) in [5.74, 6) is -2.74. The topological polar surface area (TPSA) is 116 Å². The van der Waals surface area contributed by atoms with Gasteiger partial charge >= 0.3 is 5.97 Å². The summed E-state index contributed by atoms with van der Waals surface area (Å²) < 4.78 is 0. The molecule has 0 radical (unpaired) electrons. The molecule has 3 aromatic carbocycles. The van der Waals surface area contributed by atoms with Crippen LogP contribution in [0, 0.1) is 13.8 Å². The molecule has 9 heteroatoms. The number of nitrogens with zero attached hydrogens (tertiary/aromatic N) is 1. The summed E-state index contributed by atoms with van der Waals surface area (Å²) in [5.41, 5.74) is 3.26. The van der Waals surface area contributed by atoms with Crippen LogP contribution in [0.25, 0.3) is 0 Å². The van der Waals surface area contributed by atoms with Gasteiger partial charge in [0.2, 0.25) is 0 Å². The third-order valence-corrected chi connectivity index (χ3v) is 5.82. The molecule has 1 heterocycles. The quantitative estimate of drug-likeness (QED) is 0.433. The van der Waals surface area contributed by atoms with Gasteiger partial charge in [0.1, 0.15) is 10.7 Å². The molecule has 0 unspecified atom stereocenters. The third kappa shape index (κ3) is 4.78. The zero-order valence-electron chi connectivity index (χ0n) is 18.8. The fraction of sp³-hybridized carbons (Fsp3) is 0.0769. The van der Waals surface area contributed by atoms with E-state index in [0.29, 0.717) is 17.1 Å². The number of anilines is 3. The Morgan fingerprint density at radius 2 is 1.49 bits per heavy atom. The number of imide groups is 1. The van der Waals surface area contributed by atoms with Gasteiger partial charge in [-0.15, -0.1) is 0 Å². The number of nitrogens with one attached hydrogen (secondary N) is 2. The first-order chi connectivity index (χ1) is 16.7. The summed E-state index contributed by atoms with van der Waals surface area (Å²) in [6, 6.07) is 17.5. The molecular weight excluding hydrogens is 470 g/mol. The highest BCUT2D eigenvalue weighted by Gasteiger charge is 2.39. The molecule has 3 N–H and O–H groups in total. The summed E-state index contributed by atoms with van der Waals surface area (Å²) in [4.78, 5) is 50.5. The SMILES string of the molecule is Cc1ccc(N2C(=O)C(Cl)=C(Nc3cc(C(=O)Nc4ccc(C(=O)O)cc4)ccc3C)C2=O)cc1. The molecule has 3 amide bonds. The number of rotatable bonds is 6. The molecule has 4 rings (SSSR count). The molecule has 0 aliphatic carbocycles. The molecule has 3 aromatic rings. The molecule has 0 saturated carbocycles. The number of aromatic carboxylic acids is 1. The van der Waals surface area contributed by atoms with Crippen molar-refractivity contribution in [3.05, 3.63) is 99.7 Å². The van der Waals surface area contributed by atoms with Crippen molar-refractivity contribution in [1.82, 2.24) is 0 Å². The summed E-state index contributed by atoms with van der Waals surface area (Å²) in [7, 11) is 0. The number of benzene rings is 3. The number of amides is 3. The van der Waals surface area contributed by atoms with Crippen LogP contribution in [0.1, 0.15) is 31.8 Å². The molecule has 0 spiro atoms. The van der Waals surface area contributed by atoms with Crippen LogP contribution in [0.3, 0.4) is 0 Å². The number of aryl methyl sites for hydroxylation is 2. The molecule has 0 bridgehead atoms. The van der Waals surface area contributed by atoms with Crippen molar-refractivity contribution >= 4 is 52.4 Å². The summed E-state index contributed by atoms with van der Waals surface area (Å²) >= 11 is 6.23. The van der Waals surface area contributed by atoms with Gasteiger partial charge in [-0.2, -0.15) is 0 Å². The lowest BCUT2D eigenvalue weighted by Crippen LogP contribution is -2.32. The van der Waals surface area contributed by atoms with E-state index in [2.05, 4.69) is 10.6 Å². The maximum atomic E-state index is 13.0. The Morgan fingerprint density at radius 3 is 2.11 bits per heavy atom. The highest BCUT2D eigenvalue weighted by Crippen LogP contribution is 2.31. The Hall–Kier alpha value is -4.43. The van der Waals surface area contributed by atoms with Gasteiger partial charge in [-0.05, 0) is 67.9 Å². The number of carbonyl (C=O) groups excluding carboxylic acids is 3. The smallest absolute Gasteiger partial charge is 0.335 e. The Balaban J connectivity index is 1.55. The first kappa shape index (κ1) is 23.7. The minimum absolute atomic E-state index is 0.0813. The van der Waals surface area contributed by atoms with E-state index in [4.69, 9.17) is 16.7 Å². The molecule has 0 saturated heterocycles. The van der Waals surface area contributed by atoms with Gasteiger partial charge in [0.05, 0.1) is 11.3 Å². The van der Waals surface area contributed by atoms with Gasteiger partial charge in [0, 0.05) is 16.9 Å². The summed E-state index contributed by atoms with van der Waals surface area (Å²) in [5, 5.41) is 14.4. The van der Waals surface area contributed by atoms with E-state index in [-0.39, 0.29) is 21.9 Å². The fourth-order valence-corrected chi connectivity index (χ4v) is 3.68. The van der Waals surface area contributed by atoms with Crippen LogP contribution in [0.2, 0.25) is 0 Å². The Morgan fingerprint density at radius 1 is 0.857 bits per heavy atom. The van der Waals surface area contributed by atoms with E-state index in [0.717, 1.165) is 16.0 Å². The first-order valence-electron chi connectivity index (χ1n) is 10.5.